The van der Waals surface area contributed by atoms with E-state index in [0.29, 0.717) is 12.1 Å². The molecule has 0 aromatic heterocycles. The highest BCUT2D eigenvalue weighted by atomic mass is 19.1. The van der Waals surface area contributed by atoms with Crippen molar-refractivity contribution in [2.45, 2.75) is 19.4 Å². The Bertz CT molecular complexity index is 422. The molecule has 2 N–H and O–H groups in total. The van der Waals surface area contributed by atoms with Crippen LogP contribution in [0.1, 0.15) is 23.6 Å². The van der Waals surface area contributed by atoms with E-state index < -0.39 is 0 Å². The predicted octanol–water partition coefficient (Wildman–Crippen LogP) is 1.77. The summed E-state index contributed by atoms with van der Waals surface area (Å²) >= 11 is 0. The molecule has 19 heavy (non-hydrogen) atoms. The maximum Gasteiger partial charge on any atom is 0.126 e. The van der Waals surface area contributed by atoms with Gasteiger partial charge in [0.25, 0.3) is 0 Å². The summed E-state index contributed by atoms with van der Waals surface area (Å²) in [6.07, 6.45) is 1.14. The number of hydrogen-bond acceptors (Lipinski definition) is 3. The molecule has 106 valence electrons. The maximum absolute atomic E-state index is 13.7. The molecule has 1 aliphatic rings. The Balaban J connectivity index is 2.16. The van der Waals surface area contributed by atoms with Crippen molar-refractivity contribution in [2.24, 2.45) is 5.73 Å². The molecule has 1 heterocycles. The average molecular weight is 265 g/mol. The summed E-state index contributed by atoms with van der Waals surface area (Å²) in [5.74, 6) is -0.136. The molecule has 1 aliphatic heterocycles. The Morgan fingerprint density at radius 3 is 2.74 bits per heavy atom. The van der Waals surface area contributed by atoms with Gasteiger partial charge in [-0.1, -0.05) is 12.1 Å². The van der Waals surface area contributed by atoms with Crippen LogP contribution in [-0.2, 0) is 0 Å². The molecular formula is C15H24FN3. The lowest BCUT2D eigenvalue weighted by molar-refractivity contribution is 0.207. The molecule has 1 unspecified atom stereocenters. The number of halogens is 1. The van der Waals surface area contributed by atoms with Crippen molar-refractivity contribution in [2.75, 3.05) is 39.8 Å². The van der Waals surface area contributed by atoms with E-state index in [4.69, 9.17) is 5.73 Å². The topological polar surface area (TPSA) is 32.5 Å². The molecule has 1 saturated heterocycles. The molecule has 1 aromatic rings. The van der Waals surface area contributed by atoms with Crippen LogP contribution in [0.2, 0.25) is 0 Å². The van der Waals surface area contributed by atoms with E-state index in [2.05, 4.69) is 16.8 Å². The highest BCUT2D eigenvalue weighted by Crippen LogP contribution is 2.23. The highest BCUT2D eigenvalue weighted by Gasteiger charge is 2.21. The minimum absolute atomic E-state index is 0.126. The molecule has 0 spiro atoms. The molecule has 0 aliphatic carbocycles. The summed E-state index contributed by atoms with van der Waals surface area (Å²) in [6, 6.07) is 5.62. The van der Waals surface area contributed by atoms with Gasteiger partial charge in [-0.15, -0.1) is 0 Å². The third-order valence-corrected chi connectivity index (χ3v) is 4.00. The van der Waals surface area contributed by atoms with Gasteiger partial charge >= 0.3 is 0 Å². The van der Waals surface area contributed by atoms with E-state index in [1.807, 2.05) is 12.1 Å². The summed E-state index contributed by atoms with van der Waals surface area (Å²) in [7, 11) is 2.15. The van der Waals surface area contributed by atoms with Crippen molar-refractivity contribution in [1.29, 1.82) is 0 Å². The van der Waals surface area contributed by atoms with Crippen LogP contribution in [-0.4, -0.2) is 49.6 Å². The van der Waals surface area contributed by atoms with Gasteiger partial charge in [0, 0.05) is 32.2 Å². The van der Waals surface area contributed by atoms with Gasteiger partial charge < -0.3 is 10.6 Å². The van der Waals surface area contributed by atoms with Gasteiger partial charge in [0.05, 0.1) is 0 Å². The molecule has 1 atom stereocenters. The zero-order chi connectivity index (χ0) is 13.8. The fourth-order valence-corrected chi connectivity index (χ4v) is 2.69. The smallest absolute Gasteiger partial charge is 0.126 e. The van der Waals surface area contributed by atoms with Crippen LogP contribution >= 0.6 is 0 Å². The van der Waals surface area contributed by atoms with E-state index in [0.717, 1.165) is 38.2 Å². The number of likely N-dealkylation sites (N-methyl/N-ethyl adjacent to an activating group) is 1. The van der Waals surface area contributed by atoms with E-state index >= 15 is 0 Å². The second-order valence-corrected chi connectivity index (χ2v) is 5.45. The van der Waals surface area contributed by atoms with Gasteiger partial charge in [0.2, 0.25) is 0 Å². The third kappa shape index (κ3) is 3.53. The fraction of sp³-hybridized carbons (Fsp3) is 0.600. The van der Waals surface area contributed by atoms with Gasteiger partial charge in [-0.25, -0.2) is 4.39 Å². The van der Waals surface area contributed by atoms with Crippen LogP contribution in [0, 0.1) is 12.7 Å². The van der Waals surface area contributed by atoms with E-state index in [9.17, 15) is 4.39 Å². The summed E-state index contributed by atoms with van der Waals surface area (Å²) in [5.41, 5.74) is 7.62. The lowest BCUT2D eigenvalue weighted by atomic mass is 10.0. The van der Waals surface area contributed by atoms with Crippen molar-refractivity contribution < 1.29 is 4.39 Å². The Morgan fingerprint density at radius 1 is 1.26 bits per heavy atom. The SMILES string of the molecule is Cc1ccc(C(CN)N2CCCN(C)CC2)cc1F. The van der Waals surface area contributed by atoms with Crippen molar-refractivity contribution in [1.82, 2.24) is 9.80 Å². The average Bonchev–Trinajstić information content (AvgIpc) is 2.60. The molecule has 1 aromatic carbocycles. The minimum atomic E-state index is -0.136. The molecule has 2 rings (SSSR count). The van der Waals surface area contributed by atoms with Crippen LogP contribution < -0.4 is 5.73 Å². The summed E-state index contributed by atoms with van der Waals surface area (Å²) in [6.45, 7) is 6.51. The maximum atomic E-state index is 13.7. The molecule has 0 saturated carbocycles. The standard InChI is InChI=1S/C15H24FN3/c1-12-4-5-13(10-14(12)16)15(11-17)19-7-3-6-18(2)8-9-19/h4-5,10,15H,3,6-9,11,17H2,1-2H3. The van der Waals surface area contributed by atoms with Crippen molar-refractivity contribution in [3.63, 3.8) is 0 Å². The summed E-state index contributed by atoms with van der Waals surface area (Å²) in [4.78, 5) is 4.72. The molecule has 4 heteroatoms. The first-order chi connectivity index (χ1) is 9.11. The van der Waals surface area contributed by atoms with Crippen molar-refractivity contribution >= 4 is 0 Å². The summed E-state index contributed by atoms with van der Waals surface area (Å²) in [5, 5.41) is 0. The molecule has 1 fully saturated rings. The first-order valence-corrected chi connectivity index (χ1v) is 7.00. The van der Waals surface area contributed by atoms with Crippen LogP contribution in [0.25, 0.3) is 0 Å². The Hall–Kier alpha value is -0.970. The number of nitrogens with two attached hydrogens (primary N) is 1. The Morgan fingerprint density at radius 2 is 2.05 bits per heavy atom. The van der Waals surface area contributed by atoms with E-state index in [-0.39, 0.29) is 11.9 Å². The van der Waals surface area contributed by atoms with Crippen molar-refractivity contribution in [3.05, 3.63) is 35.1 Å². The highest BCUT2D eigenvalue weighted by molar-refractivity contribution is 5.26. The molecule has 0 amide bonds. The fourth-order valence-electron chi connectivity index (χ4n) is 2.69. The molecule has 3 nitrogen and oxygen atoms in total. The van der Waals surface area contributed by atoms with Crippen LogP contribution in [0.5, 0.6) is 0 Å². The number of benzene rings is 1. The lowest BCUT2D eigenvalue weighted by Gasteiger charge is -2.30. The van der Waals surface area contributed by atoms with Crippen molar-refractivity contribution in [3.8, 4) is 0 Å². The largest absolute Gasteiger partial charge is 0.329 e. The van der Waals surface area contributed by atoms with Gasteiger partial charge in [-0.2, -0.15) is 0 Å². The second-order valence-electron chi connectivity index (χ2n) is 5.45. The van der Waals surface area contributed by atoms with Gasteiger partial charge in [0.15, 0.2) is 0 Å². The first-order valence-electron chi connectivity index (χ1n) is 7.00. The number of nitrogens with zero attached hydrogens (tertiary/aromatic N) is 2. The third-order valence-electron chi connectivity index (χ3n) is 4.00. The Labute approximate surface area is 115 Å². The van der Waals surface area contributed by atoms with E-state index in [1.165, 1.54) is 0 Å². The molecule has 0 bridgehead atoms. The predicted molar refractivity (Wildman–Crippen MR) is 76.6 cm³/mol. The molecular weight excluding hydrogens is 241 g/mol. The van der Waals surface area contributed by atoms with Crippen LogP contribution in [0.4, 0.5) is 4.39 Å². The minimum Gasteiger partial charge on any atom is -0.329 e. The van der Waals surface area contributed by atoms with Crippen LogP contribution in [0.15, 0.2) is 18.2 Å². The van der Waals surface area contributed by atoms with Gasteiger partial charge in [-0.05, 0) is 44.1 Å². The second kappa shape index (κ2) is 6.46. The Kier molecular flexibility index (Phi) is 4.91. The van der Waals surface area contributed by atoms with Crippen LogP contribution in [0.3, 0.4) is 0 Å². The quantitative estimate of drug-likeness (QED) is 0.904. The molecule has 0 radical (unpaired) electrons. The number of aryl methyl sites for hydroxylation is 1. The summed E-state index contributed by atoms with van der Waals surface area (Å²) < 4.78 is 13.7. The lowest BCUT2D eigenvalue weighted by Crippen LogP contribution is -2.36. The number of hydrogen-bond donors (Lipinski definition) is 1. The normalized spacial score (nSPS) is 20.2. The zero-order valence-corrected chi connectivity index (χ0v) is 11.9. The van der Waals surface area contributed by atoms with Gasteiger partial charge in [0.1, 0.15) is 5.82 Å². The first kappa shape index (κ1) is 14.4. The van der Waals surface area contributed by atoms with Gasteiger partial charge in [-0.3, -0.25) is 4.90 Å². The zero-order valence-electron chi connectivity index (χ0n) is 11.9. The number of rotatable bonds is 3. The monoisotopic (exact) mass is 265 g/mol. The van der Waals surface area contributed by atoms with E-state index in [1.54, 1.807) is 13.0 Å².